The number of rotatable bonds is 10. The fourth-order valence-corrected chi connectivity index (χ4v) is 5.75. The van der Waals surface area contributed by atoms with Crippen LogP contribution in [0.1, 0.15) is 64.6 Å². The molecule has 0 saturated carbocycles. The third-order valence-corrected chi connectivity index (χ3v) is 8.44. The van der Waals surface area contributed by atoms with E-state index in [9.17, 15) is 21.9 Å². The topological polar surface area (TPSA) is 16.4 Å². The molecule has 10 aromatic rings. The average molecular weight is 807 g/mol. The quantitative estimate of drug-likeness (QED) is 0.137. The summed E-state index contributed by atoms with van der Waals surface area (Å²) in [6.45, 7) is 0.286. The predicted molar refractivity (Wildman–Crippen MR) is 253 cm³/mol. The van der Waals surface area contributed by atoms with Crippen LogP contribution in [0.5, 0.6) is 0 Å². The smallest absolute Gasteiger partial charge is 0.158 e. The van der Waals surface area contributed by atoms with E-state index < -0.39 is 330 Å². The molecule has 0 fully saturated rings. The van der Waals surface area contributed by atoms with Gasteiger partial charge in [0.25, 0.3) is 0 Å². The predicted octanol–water partition coefficient (Wildman–Crippen LogP) is 16.3. The van der Waals surface area contributed by atoms with Crippen molar-refractivity contribution in [2.24, 2.45) is 0 Å². The molecule has 60 heavy (non-hydrogen) atoms. The van der Waals surface area contributed by atoms with Gasteiger partial charge in [-0.25, -0.2) is 0 Å². The molecule has 0 radical (unpaired) electrons. The first-order chi connectivity index (χ1) is 46.0. The molecule has 0 saturated heterocycles. The van der Waals surface area contributed by atoms with Crippen LogP contribution < -0.4 is 4.90 Å². The van der Waals surface area contributed by atoms with E-state index in [-0.39, 0.29) is 6.55 Å². The Bertz CT molecular complexity index is 4970. The largest absolute Gasteiger partial charge is 0.454 e. The van der Waals surface area contributed by atoms with E-state index in [0.717, 1.165) is 6.07 Å². The first-order valence-electron chi connectivity index (χ1n) is 36.8. The van der Waals surface area contributed by atoms with Gasteiger partial charge >= 0.3 is 0 Å². The molecular formula is C58H41NO. The number of furan rings is 1. The van der Waals surface area contributed by atoms with Crippen LogP contribution in [-0.2, 0) is 0 Å². The molecule has 0 aliphatic heterocycles. The van der Waals surface area contributed by atoms with Crippen LogP contribution in [-0.4, -0.2) is 0 Å². The first-order valence-corrected chi connectivity index (χ1v) is 17.2. The van der Waals surface area contributed by atoms with E-state index in [2.05, 4.69) is 0 Å². The van der Waals surface area contributed by atoms with Gasteiger partial charge in [-0.2, -0.15) is 0 Å². The van der Waals surface area contributed by atoms with Crippen molar-refractivity contribution in [2.75, 3.05) is 4.90 Å². The maximum Gasteiger partial charge on any atom is 0.158 e. The Hall–Kier alpha value is -7.94. The molecule has 0 aliphatic rings. The summed E-state index contributed by atoms with van der Waals surface area (Å²) < 4.78 is 357. The van der Waals surface area contributed by atoms with Gasteiger partial charge in [0.1, 0.15) is 5.76 Å². The zero-order chi connectivity index (χ0) is 74.0. The van der Waals surface area contributed by atoms with Gasteiger partial charge in [-0.1, -0.05) is 188 Å². The third kappa shape index (κ3) is 7.23. The molecule has 284 valence electrons. The van der Waals surface area contributed by atoms with Crippen molar-refractivity contribution in [1.29, 1.82) is 0 Å². The van der Waals surface area contributed by atoms with Crippen molar-refractivity contribution in [2.45, 2.75) is 0 Å². The van der Waals surface area contributed by atoms with Gasteiger partial charge in [0.05, 0.1) is 59.1 Å². The van der Waals surface area contributed by atoms with Crippen LogP contribution in [0.25, 0.3) is 72.4 Å². The minimum atomic E-state index is -1.34. The van der Waals surface area contributed by atoms with Gasteiger partial charge < -0.3 is 9.32 Å². The second-order valence-corrected chi connectivity index (χ2v) is 12.0. The molecule has 1 heterocycles. The number of anilines is 3. The second-order valence-electron chi connectivity index (χ2n) is 12.0. The van der Waals surface area contributed by atoms with E-state index in [1.165, 1.54) is 0 Å². The van der Waals surface area contributed by atoms with Gasteiger partial charge in [-0.05, 0) is 116 Å². The lowest BCUT2D eigenvalue weighted by Crippen LogP contribution is -2.10. The number of hydrogen-bond donors (Lipinski definition) is 0. The zero-order valence-corrected chi connectivity index (χ0v) is 30.0. The second kappa shape index (κ2) is 16.1. The van der Waals surface area contributed by atoms with E-state index in [1.807, 2.05) is 0 Å². The van der Waals surface area contributed by atoms with Gasteiger partial charge in [0.15, 0.2) is 5.58 Å². The SMILES string of the molecule is [2H]C=C(c1c([2H])c(-c2c([2H])c([2H])c([2H])c([2H])c2[2H])c([2H])c(-c2c([2H])c([2H])c([2H])c([2H])c2[2H])c1[2H])c1c([2H])c([2H])c([2H])c([2H])c1-c1cc2c([2H])c([2H])c([2H])c(N(c3c([2H])c([2H])c(-c4c([2H])c([2H])c([2H])c([2H])c4[2H])c([2H])c3[2H])c3c([2H])c([2H])c(-c4c([2H])c([2H])c([2H])c([2H])c4[2H])c([2H])c3[2H])c2o1. The highest BCUT2D eigenvalue weighted by Gasteiger charge is 2.21. The van der Waals surface area contributed by atoms with Crippen LogP contribution >= 0.6 is 0 Å². The van der Waals surface area contributed by atoms with Gasteiger partial charge in [-0.15, -0.1) is 0 Å². The van der Waals surface area contributed by atoms with E-state index in [4.69, 9.17) is 35.9 Å². The molecule has 9 aromatic carbocycles. The van der Waals surface area contributed by atoms with Crippen LogP contribution in [0.15, 0.2) is 247 Å². The van der Waals surface area contributed by atoms with Crippen LogP contribution in [0.3, 0.4) is 0 Å². The molecule has 2 nitrogen and oxygen atoms in total. The lowest BCUT2D eigenvalue weighted by Gasteiger charge is -2.26. The number of nitrogens with zero attached hydrogens (tertiary/aromatic N) is 1. The number of fused-ring (bicyclic) bond motifs is 1. The highest BCUT2D eigenvalue weighted by Crippen LogP contribution is 2.44. The number of benzene rings is 9. The summed E-state index contributed by atoms with van der Waals surface area (Å²) in [4.78, 5) is 0.312. The van der Waals surface area contributed by atoms with Crippen molar-refractivity contribution >= 4 is 33.6 Å². The Morgan fingerprint density at radius 2 is 0.883 bits per heavy atom. The van der Waals surface area contributed by atoms with Crippen molar-refractivity contribution in [3.8, 4) is 55.8 Å². The Labute approximate surface area is 406 Å². The lowest BCUT2D eigenvalue weighted by molar-refractivity contribution is 0.631. The lowest BCUT2D eigenvalue weighted by atomic mass is 9.89. The molecule has 10 rings (SSSR count). The van der Waals surface area contributed by atoms with Crippen molar-refractivity contribution < 1.29 is 57.9 Å². The number of para-hydroxylation sites is 1. The standard InChI is InChI=1S/C58H41NO/c1-41(49-37-50(44-21-10-4-11-22-44)39-51(38-49)45-23-12-5-13-24-45)54-26-14-15-27-55(54)57-40-48-25-16-28-56(58(48)60-57)59(52-33-29-46(30-34-52)42-17-6-2-7-18-42)53-35-31-47(32-36-53)43-19-8-3-9-20-43/h2-40H,1H2/i1D,2D,3D,4D,5D,6D,7D,8D,9D,10D,11D,12D,13D,14D,15D,16D,17D,18D,19D,20D,21D,22D,23D,24D,25D,26D,27D,28D,29D,30D,31D,32D,33D,34D,35D,36D,37D,38D,39D. The van der Waals surface area contributed by atoms with Crippen LogP contribution in [0.2, 0.25) is 0 Å². The molecule has 2 heteroatoms. The summed E-state index contributed by atoms with van der Waals surface area (Å²) in [7, 11) is 0. The first kappa shape index (κ1) is 13.6. The molecule has 0 unspecified atom stereocenters. The van der Waals surface area contributed by atoms with Crippen LogP contribution in [0, 0.1) is 0 Å². The molecule has 0 bridgehead atoms. The Morgan fingerprint density at radius 1 is 0.433 bits per heavy atom. The monoisotopic (exact) mass is 807 g/mol. The molecule has 1 aromatic heterocycles. The zero-order valence-electron chi connectivity index (χ0n) is 69.0. The third-order valence-electron chi connectivity index (χ3n) is 8.44. The van der Waals surface area contributed by atoms with E-state index in [0.29, 0.717) is 4.90 Å². The van der Waals surface area contributed by atoms with Gasteiger partial charge in [0.2, 0.25) is 0 Å². The summed E-state index contributed by atoms with van der Waals surface area (Å²) in [5, 5.41) is -0.731. The van der Waals surface area contributed by atoms with E-state index >= 15 is 0 Å². The fourth-order valence-electron chi connectivity index (χ4n) is 5.75. The summed E-state index contributed by atoms with van der Waals surface area (Å²) in [5.41, 5.74) is -16.2. The average Bonchev–Trinajstić information content (AvgIpc) is 1.72. The molecule has 0 atom stereocenters. The van der Waals surface area contributed by atoms with Crippen LogP contribution in [0.4, 0.5) is 17.1 Å². The summed E-state index contributed by atoms with van der Waals surface area (Å²) in [5.74, 6) is -0.926. The Balaban J connectivity index is 1.38. The molecule has 0 N–H and O–H groups in total. The highest BCUT2D eigenvalue weighted by atomic mass is 16.3. The maximum atomic E-state index is 9.78. The summed E-state index contributed by atoms with van der Waals surface area (Å²) >= 11 is 0. The maximum absolute atomic E-state index is 9.78. The Morgan fingerprint density at radius 3 is 1.38 bits per heavy atom. The molecule has 0 spiro atoms. The molecular weight excluding hydrogens is 727 g/mol. The van der Waals surface area contributed by atoms with Crippen molar-refractivity contribution in [3.63, 3.8) is 0 Å². The normalized spacial score (nSPS) is 20.5. The molecule has 0 aliphatic carbocycles. The summed E-state index contributed by atoms with van der Waals surface area (Å²) in [6, 6.07) is -41.7. The molecule has 0 amide bonds. The van der Waals surface area contributed by atoms with Gasteiger partial charge in [0, 0.05) is 22.3 Å². The van der Waals surface area contributed by atoms with Crippen molar-refractivity contribution in [3.05, 3.63) is 253 Å². The highest BCUT2D eigenvalue weighted by molar-refractivity contribution is 5.99. The fraction of sp³-hybridized carbons (Fsp3) is 0. The minimum absolute atomic E-state index is 0.286. The minimum Gasteiger partial charge on any atom is -0.454 e. The number of hydrogen-bond acceptors (Lipinski definition) is 2. The Kier molecular flexibility index (Phi) is 3.64. The van der Waals surface area contributed by atoms with E-state index in [1.54, 1.807) is 0 Å². The van der Waals surface area contributed by atoms with Crippen molar-refractivity contribution in [1.82, 2.24) is 0 Å². The summed E-state index contributed by atoms with van der Waals surface area (Å²) in [6.07, 6.45) is 0. The van der Waals surface area contributed by atoms with Gasteiger partial charge in [-0.3, -0.25) is 0 Å².